The van der Waals surface area contributed by atoms with Crippen molar-refractivity contribution in [3.8, 4) is 0 Å². The number of benzene rings is 1. The van der Waals surface area contributed by atoms with Crippen LogP contribution in [-0.2, 0) is 0 Å². The van der Waals surface area contributed by atoms with E-state index in [-0.39, 0.29) is 10.7 Å². The molecule has 20 heavy (non-hydrogen) atoms. The Morgan fingerprint density at radius 2 is 2.15 bits per heavy atom. The summed E-state index contributed by atoms with van der Waals surface area (Å²) in [6.07, 6.45) is 0. The van der Waals surface area contributed by atoms with Crippen LogP contribution in [0, 0.1) is 6.92 Å². The molecule has 0 saturated heterocycles. The minimum absolute atomic E-state index is 0.0287. The maximum Gasteiger partial charge on any atom is 0.296 e. The molecule has 4 nitrogen and oxygen atoms in total. The Labute approximate surface area is 122 Å². The van der Waals surface area contributed by atoms with Crippen LogP contribution in [0.2, 0.25) is 0 Å². The van der Waals surface area contributed by atoms with E-state index < -0.39 is 0 Å². The summed E-state index contributed by atoms with van der Waals surface area (Å²) >= 11 is 1.80. The molecule has 1 aromatic carbocycles. The van der Waals surface area contributed by atoms with Crippen LogP contribution < -0.4 is 4.90 Å². The maximum atomic E-state index is 12.6. The summed E-state index contributed by atoms with van der Waals surface area (Å²) in [4.78, 5) is 15.5. The van der Waals surface area contributed by atoms with Crippen LogP contribution in [0.4, 0.5) is 5.69 Å². The van der Waals surface area contributed by atoms with Crippen LogP contribution >= 0.6 is 11.8 Å². The van der Waals surface area contributed by atoms with Crippen molar-refractivity contribution in [2.45, 2.75) is 30.4 Å². The van der Waals surface area contributed by atoms with Gasteiger partial charge in [0, 0.05) is 22.3 Å². The lowest BCUT2D eigenvalue weighted by Crippen LogP contribution is -2.43. The molecule has 104 valence electrons. The molecule has 0 fully saturated rings. The topological polar surface area (TPSA) is 46.3 Å². The number of carbonyl (C=O) groups is 1. The Bertz CT molecular complexity index is 663. The molecule has 0 unspecified atom stereocenters. The van der Waals surface area contributed by atoms with E-state index in [9.17, 15) is 4.79 Å². The largest absolute Gasteiger partial charge is 0.351 e. The van der Waals surface area contributed by atoms with E-state index >= 15 is 0 Å². The van der Waals surface area contributed by atoms with Crippen molar-refractivity contribution in [2.24, 2.45) is 0 Å². The van der Waals surface area contributed by atoms with Crippen LogP contribution in [0.5, 0.6) is 0 Å². The Hall–Kier alpha value is -1.75. The zero-order chi connectivity index (χ0) is 14.3. The molecule has 0 spiro atoms. The van der Waals surface area contributed by atoms with Crippen molar-refractivity contribution in [1.29, 1.82) is 0 Å². The smallest absolute Gasteiger partial charge is 0.296 e. The lowest BCUT2D eigenvalue weighted by atomic mass is 10.1. The van der Waals surface area contributed by atoms with Gasteiger partial charge in [0.2, 0.25) is 5.76 Å². The molecule has 1 aromatic heterocycles. The number of carbonyl (C=O) groups excluding carboxylic acids is 1. The van der Waals surface area contributed by atoms with Gasteiger partial charge in [-0.2, -0.15) is 0 Å². The van der Waals surface area contributed by atoms with Crippen molar-refractivity contribution in [3.05, 3.63) is 41.8 Å². The van der Waals surface area contributed by atoms with Gasteiger partial charge in [0.1, 0.15) is 0 Å². The molecule has 5 heteroatoms. The Balaban J connectivity index is 2.02. The Morgan fingerprint density at radius 3 is 2.85 bits per heavy atom. The van der Waals surface area contributed by atoms with Crippen LogP contribution in [0.1, 0.15) is 30.1 Å². The van der Waals surface area contributed by atoms with Crippen LogP contribution in [-0.4, -0.2) is 22.4 Å². The predicted octanol–water partition coefficient (Wildman–Crippen LogP) is 3.51. The SMILES string of the molecule is Cc1cc(C(=O)N2CC(C)(C)Sc3ccccc32)on1. The van der Waals surface area contributed by atoms with Crippen molar-refractivity contribution < 1.29 is 9.32 Å². The van der Waals surface area contributed by atoms with Gasteiger partial charge in [0.25, 0.3) is 5.91 Å². The average Bonchev–Trinajstić information content (AvgIpc) is 2.82. The fraction of sp³-hybridized carbons (Fsp3) is 0.333. The summed E-state index contributed by atoms with van der Waals surface area (Å²) in [5, 5.41) is 3.80. The van der Waals surface area contributed by atoms with Crippen molar-refractivity contribution in [1.82, 2.24) is 5.16 Å². The van der Waals surface area contributed by atoms with Gasteiger partial charge in [-0.25, -0.2) is 0 Å². The lowest BCUT2D eigenvalue weighted by molar-refractivity contribution is 0.0948. The highest BCUT2D eigenvalue weighted by Gasteiger charge is 2.35. The molecule has 0 radical (unpaired) electrons. The zero-order valence-corrected chi connectivity index (χ0v) is 12.5. The van der Waals surface area contributed by atoms with E-state index in [1.807, 2.05) is 31.2 Å². The Kier molecular flexibility index (Phi) is 3.09. The second-order valence-corrected chi connectivity index (χ2v) is 7.30. The highest BCUT2D eigenvalue weighted by molar-refractivity contribution is 8.00. The fourth-order valence-corrected chi connectivity index (χ4v) is 3.56. The van der Waals surface area contributed by atoms with Gasteiger partial charge in [-0.1, -0.05) is 17.3 Å². The summed E-state index contributed by atoms with van der Waals surface area (Å²) in [5.74, 6) is 0.159. The maximum absolute atomic E-state index is 12.6. The average molecular weight is 288 g/mol. The van der Waals surface area contributed by atoms with Crippen LogP contribution in [0.3, 0.4) is 0 Å². The van der Waals surface area contributed by atoms with Gasteiger partial charge < -0.3 is 9.42 Å². The van der Waals surface area contributed by atoms with E-state index in [2.05, 4.69) is 19.0 Å². The molecule has 0 aliphatic carbocycles. The molecule has 1 amide bonds. The summed E-state index contributed by atoms with van der Waals surface area (Å²) in [7, 11) is 0. The summed E-state index contributed by atoms with van der Waals surface area (Å²) < 4.78 is 5.09. The number of amides is 1. The molecule has 0 saturated carbocycles. The third-order valence-electron chi connectivity index (χ3n) is 3.17. The van der Waals surface area contributed by atoms with Gasteiger partial charge in [0.05, 0.1) is 11.4 Å². The summed E-state index contributed by atoms with van der Waals surface area (Å²) in [6.45, 7) is 6.73. The first kappa shape index (κ1) is 13.2. The van der Waals surface area contributed by atoms with Gasteiger partial charge in [-0.05, 0) is 32.9 Å². The predicted molar refractivity (Wildman–Crippen MR) is 79.3 cm³/mol. The number of thioether (sulfide) groups is 1. The van der Waals surface area contributed by atoms with E-state index in [4.69, 9.17) is 4.52 Å². The zero-order valence-electron chi connectivity index (χ0n) is 11.7. The van der Waals surface area contributed by atoms with Crippen LogP contribution in [0.25, 0.3) is 0 Å². The third kappa shape index (κ3) is 2.33. The quantitative estimate of drug-likeness (QED) is 0.805. The van der Waals surface area contributed by atoms with Gasteiger partial charge in [0.15, 0.2) is 0 Å². The van der Waals surface area contributed by atoms with Crippen molar-refractivity contribution in [2.75, 3.05) is 11.4 Å². The Morgan fingerprint density at radius 1 is 1.40 bits per heavy atom. The first-order valence-electron chi connectivity index (χ1n) is 6.49. The minimum atomic E-state index is -0.133. The second-order valence-electron chi connectivity index (χ2n) is 5.55. The fourth-order valence-electron chi connectivity index (χ4n) is 2.34. The number of aromatic nitrogens is 1. The normalized spacial score (nSPS) is 16.9. The van der Waals surface area contributed by atoms with E-state index in [0.29, 0.717) is 18.0 Å². The molecule has 1 aliphatic rings. The molecule has 0 bridgehead atoms. The molecule has 0 N–H and O–H groups in total. The number of rotatable bonds is 1. The van der Waals surface area contributed by atoms with Gasteiger partial charge in [-0.15, -0.1) is 11.8 Å². The first-order chi connectivity index (χ1) is 9.46. The molecule has 0 atom stereocenters. The number of hydrogen-bond acceptors (Lipinski definition) is 4. The van der Waals surface area contributed by atoms with Gasteiger partial charge in [-0.3, -0.25) is 4.79 Å². The van der Waals surface area contributed by atoms with E-state index in [1.165, 1.54) is 0 Å². The van der Waals surface area contributed by atoms with E-state index in [1.54, 1.807) is 22.7 Å². The molecular formula is C15H16N2O2S. The number of fused-ring (bicyclic) bond motifs is 1. The first-order valence-corrected chi connectivity index (χ1v) is 7.31. The molecule has 2 heterocycles. The van der Waals surface area contributed by atoms with Gasteiger partial charge >= 0.3 is 0 Å². The second kappa shape index (κ2) is 4.66. The number of nitrogens with zero attached hydrogens (tertiary/aromatic N) is 2. The third-order valence-corrected chi connectivity index (χ3v) is 4.41. The van der Waals surface area contributed by atoms with E-state index in [0.717, 1.165) is 10.6 Å². The minimum Gasteiger partial charge on any atom is -0.351 e. The molecule has 1 aliphatic heterocycles. The number of anilines is 1. The van der Waals surface area contributed by atoms with Crippen LogP contribution in [0.15, 0.2) is 39.8 Å². The number of aryl methyl sites for hydroxylation is 1. The standard InChI is InChI=1S/C15H16N2O2S/c1-10-8-12(19-16-10)14(18)17-9-15(2,3)20-13-7-5-4-6-11(13)17/h4-8H,9H2,1-3H3. The van der Waals surface area contributed by atoms with Crippen molar-refractivity contribution in [3.63, 3.8) is 0 Å². The lowest BCUT2D eigenvalue weighted by Gasteiger charge is -2.38. The molecule has 3 rings (SSSR count). The highest BCUT2D eigenvalue weighted by atomic mass is 32.2. The van der Waals surface area contributed by atoms with Crippen molar-refractivity contribution >= 4 is 23.4 Å². The highest BCUT2D eigenvalue weighted by Crippen LogP contribution is 2.44. The number of hydrogen-bond donors (Lipinski definition) is 0. The molecule has 2 aromatic rings. The number of para-hydroxylation sites is 1. The summed E-state index contributed by atoms with van der Waals surface area (Å²) in [6, 6.07) is 9.64. The summed E-state index contributed by atoms with van der Waals surface area (Å²) in [5.41, 5.74) is 1.66. The monoisotopic (exact) mass is 288 g/mol. The molecular weight excluding hydrogens is 272 g/mol.